The highest BCUT2D eigenvalue weighted by atomic mass is 32.2. The Bertz CT molecular complexity index is 1020. The molecule has 0 atom stereocenters. The predicted octanol–water partition coefficient (Wildman–Crippen LogP) is 4.09. The molecule has 1 aliphatic rings. The van der Waals surface area contributed by atoms with Crippen molar-refractivity contribution in [2.24, 2.45) is 4.99 Å². The van der Waals surface area contributed by atoms with Gasteiger partial charge in [-0.05, 0) is 66.6 Å². The maximum Gasteiger partial charge on any atom is 0.343 e. The molecule has 1 N–H and O–H groups in total. The normalized spacial score (nSPS) is 15.8. The summed E-state index contributed by atoms with van der Waals surface area (Å²) in [6, 6.07) is 13.2. The van der Waals surface area contributed by atoms with Gasteiger partial charge in [0.1, 0.15) is 0 Å². The molecule has 1 amide bonds. The van der Waals surface area contributed by atoms with E-state index in [1.165, 1.54) is 24.4 Å². The fourth-order valence-corrected chi connectivity index (χ4v) is 3.59. The van der Waals surface area contributed by atoms with Crippen molar-refractivity contribution >= 4 is 40.6 Å². The molecule has 0 aliphatic carbocycles. The number of aliphatic imine (C=N–C) groups is 1. The van der Waals surface area contributed by atoms with Crippen molar-refractivity contribution < 1.29 is 23.8 Å². The largest absolute Gasteiger partial charge is 0.490 e. The van der Waals surface area contributed by atoms with Crippen LogP contribution in [0.2, 0.25) is 0 Å². The van der Waals surface area contributed by atoms with E-state index in [0.29, 0.717) is 28.2 Å². The standard InChI is InChI=1S/C23H24N2O5S/c1-4-15-6-9-17(10-7-15)24-23-25-22(27)20(31-23)13-16-8-11-18(19(12-16)29-5-2)30-14-21(26)28-3/h6-13H,4-5,14H2,1-3H3,(H,24,25,27)/b20-13-. The zero-order chi connectivity index (χ0) is 22.2. The van der Waals surface area contributed by atoms with Gasteiger partial charge in [-0.3, -0.25) is 4.79 Å². The number of amidine groups is 1. The van der Waals surface area contributed by atoms with Gasteiger partial charge in [0.15, 0.2) is 23.3 Å². The van der Waals surface area contributed by atoms with Crippen LogP contribution in [0.3, 0.4) is 0 Å². The maximum absolute atomic E-state index is 12.4. The number of nitrogens with zero attached hydrogens (tertiary/aromatic N) is 1. The lowest BCUT2D eigenvalue weighted by Gasteiger charge is -2.12. The van der Waals surface area contributed by atoms with Crippen LogP contribution in [0.15, 0.2) is 52.4 Å². The Morgan fingerprint density at radius 3 is 2.55 bits per heavy atom. The van der Waals surface area contributed by atoms with Crippen LogP contribution < -0.4 is 14.8 Å². The molecule has 2 aromatic rings. The maximum atomic E-state index is 12.4. The lowest BCUT2D eigenvalue weighted by atomic mass is 10.2. The molecular formula is C23H24N2O5S. The van der Waals surface area contributed by atoms with Gasteiger partial charge in [-0.15, -0.1) is 0 Å². The zero-order valence-electron chi connectivity index (χ0n) is 17.6. The van der Waals surface area contributed by atoms with Gasteiger partial charge in [0.25, 0.3) is 5.91 Å². The third-order valence-electron chi connectivity index (χ3n) is 4.36. The first-order valence-corrected chi connectivity index (χ1v) is 10.7. The molecule has 1 aliphatic heterocycles. The molecule has 7 nitrogen and oxygen atoms in total. The Morgan fingerprint density at radius 2 is 1.87 bits per heavy atom. The second-order valence-electron chi connectivity index (χ2n) is 6.51. The van der Waals surface area contributed by atoms with Crippen molar-refractivity contribution in [2.75, 3.05) is 20.3 Å². The number of hydrogen-bond acceptors (Lipinski definition) is 7. The summed E-state index contributed by atoms with van der Waals surface area (Å²) in [7, 11) is 1.30. The second-order valence-corrected chi connectivity index (χ2v) is 7.54. The van der Waals surface area contributed by atoms with E-state index in [9.17, 15) is 9.59 Å². The average Bonchev–Trinajstić information content (AvgIpc) is 3.12. The van der Waals surface area contributed by atoms with Gasteiger partial charge in [-0.1, -0.05) is 25.1 Å². The van der Waals surface area contributed by atoms with Crippen molar-refractivity contribution in [1.29, 1.82) is 0 Å². The van der Waals surface area contributed by atoms with Crippen LogP contribution in [0.25, 0.3) is 6.08 Å². The van der Waals surface area contributed by atoms with Gasteiger partial charge in [-0.25, -0.2) is 9.79 Å². The predicted molar refractivity (Wildman–Crippen MR) is 122 cm³/mol. The summed E-state index contributed by atoms with van der Waals surface area (Å²) in [4.78, 5) is 28.7. The zero-order valence-corrected chi connectivity index (χ0v) is 18.5. The topological polar surface area (TPSA) is 86.2 Å². The molecule has 1 heterocycles. The summed E-state index contributed by atoms with van der Waals surface area (Å²) in [5, 5.41) is 3.32. The van der Waals surface area contributed by atoms with Crippen molar-refractivity contribution in [2.45, 2.75) is 20.3 Å². The first-order chi connectivity index (χ1) is 15.0. The van der Waals surface area contributed by atoms with Crippen molar-refractivity contribution in [3.05, 3.63) is 58.5 Å². The number of esters is 1. The number of ether oxygens (including phenoxy) is 3. The summed E-state index contributed by atoms with van der Waals surface area (Å²) < 4.78 is 15.7. The van der Waals surface area contributed by atoms with Gasteiger partial charge in [0, 0.05) is 0 Å². The number of methoxy groups -OCH3 is 1. The fourth-order valence-electron chi connectivity index (χ4n) is 2.75. The summed E-state index contributed by atoms with van der Waals surface area (Å²) in [5.41, 5.74) is 2.78. The van der Waals surface area contributed by atoms with Gasteiger partial charge >= 0.3 is 5.97 Å². The number of amides is 1. The Kier molecular flexibility index (Phi) is 7.72. The Morgan fingerprint density at radius 1 is 1.10 bits per heavy atom. The molecule has 0 aromatic heterocycles. The van der Waals surface area contributed by atoms with Crippen LogP contribution >= 0.6 is 11.8 Å². The molecule has 1 saturated heterocycles. The number of aryl methyl sites for hydroxylation is 1. The van der Waals surface area contributed by atoms with Crippen LogP contribution in [0.5, 0.6) is 11.5 Å². The first-order valence-electron chi connectivity index (χ1n) is 9.87. The highest BCUT2D eigenvalue weighted by Crippen LogP contribution is 2.32. The second kappa shape index (κ2) is 10.7. The number of hydrogen-bond donors (Lipinski definition) is 1. The van der Waals surface area contributed by atoms with Crippen LogP contribution in [0, 0.1) is 0 Å². The van der Waals surface area contributed by atoms with Crippen LogP contribution in [-0.2, 0) is 20.7 Å². The van der Waals surface area contributed by atoms with E-state index in [2.05, 4.69) is 22.0 Å². The van der Waals surface area contributed by atoms with Crippen molar-refractivity contribution in [1.82, 2.24) is 5.32 Å². The van der Waals surface area contributed by atoms with E-state index < -0.39 is 5.97 Å². The number of carbonyl (C=O) groups is 2. The molecule has 0 bridgehead atoms. The van der Waals surface area contributed by atoms with E-state index in [4.69, 9.17) is 9.47 Å². The SMILES string of the molecule is CCOc1cc(/C=C2\SC(=Nc3ccc(CC)cc3)NC2=O)ccc1OCC(=O)OC. The molecule has 8 heteroatoms. The molecule has 0 saturated carbocycles. The molecule has 1 fully saturated rings. The van der Waals surface area contributed by atoms with E-state index in [-0.39, 0.29) is 12.5 Å². The van der Waals surface area contributed by atoms with Crippen LogP contribution in [-0.4, -0.2) is 37.4 Å². The monoisotopic (exact) mass is 440 g/mol. The molecular weight excluding hydrogens is 416 g/mol. The lowest BCUT2D eigenvalue weighted by Crippen LogP contribution is -2.19. The van der Waals surface area contributed by atoms with E-state index in [0.717, 1.165) is 17.7 Å². The summed E-state index contributed by atoms with van der Waals surface area (Å²) >= 11 is 1.28. The minimum Gasteiger partial charge on any atom is -0.490 e. The Hall–Kier alpha value is -3.26. The average molecular weight is 441 g/mol. The minimum atomic E-state index is -0.483. The highest BCUT2D eigenvalue weighted by molar-refractivity contribution is 8.18. The quantitative estimate of drug-likeness (QED) is 0.492. The smallest absolute Gasteiger partial charge is 0.343 e. The number of thioether (sulfide) groups is 1. The fraction of sp³-hybridized carbons (Fsp3) is 0.261. The van der Waals surface area contributed by atoms with E-state index >= 15 is 0 Å². The third kappa shape index (κ3) is 6.11. The van der Waals surface area contributed by atoms with E-state index in [1.54, 1.807) is 24.3 Å². The molecule has 0 unspecified atom stereocenters. The lowest BCUT2D eigenvalue weighted by molar-refractivity contribution is -0.142. The Labute approximate surface area is 185 Å². The summed E-state index contributed by atoms with van der Waals surface area (Å²) in [5.74, 6) is 0.214. The van der Waals surface area contributed by atoms with Gasteiger partial charge in [-0.2, -0.15) is 0 Å². The van der Waals surface area contributed by atoms with Gasteiger partial charge < -0.3 is 19.5 Å². The first kappa shape index (κ1) is 22.4. The summed E-state index contributed by atoms with van der Waals surface area (Å²) in [6.07, 6.45) is 2.72. The number of nitrogens with one attached hydrogen (secondary N) is 1. The number of benzene rings is 2. The molecule has 3 rings (SSSR count). The van der Waals surface area contributed by atoms with Crippen LogP contribution in [0.1, 0.15) is 25.0 Å². The van der Waals surface area contributed by atoms with E-state index in [1.807, 2.05) is 31.2 Å². The Balaban J connectivity index is 1.76. The summed E-state index contributed by atoms with van der Waals surface area (Å²) in [6.45, 7) is 4.16. The number of rotatable bonds is 8. The van der Waals surface area contributed by atoms with Crippen LogP contribution in [0.4, 0.5) is 5.69 Å². The highest BCUT2D eigenvalue weighted by Gasteiger charge is 2.24. The molecule has 31 heavy (non-hydrogen) atoms. The molecule has 162 valence electrons. The van der Waals surface area contributed by atoms with Gasteiger partial charge in [0.05, 0.1) is 24.3 Å². The molecule has 0 radical (unpaired) electrons. The molecule has 2 aromatic carbocycles. The van der Waals surface area contributed by atoms with Crippen molar-refractivity contribution in [3.63, 3.8) is 0 Å². The third-order valence-corrected chi connectivity index (χ3v) is 5.27. The molecule has 0 spiro atoms. The van der Waals surface area contributed by atoms with Crippen molar-refractivity contribution in [3.8, 4) is 11.5 Å². The minimum absolute atomic E-state index is 0.210. The number of carbonyl (C=O) groups excluding carboxylic acids is 2. The van der Waals surface area contributed by atoms with Gasteiger partial charge in [0.2, 0.25) is 0 Å².